The SMILES string of the molecule is CC(O)(COC(=O)C(F)(F)S(=O)(=O)O)C(=O)OC12CC3CC(CC(O)(C3)C1)C2. The van der Waals surface area contributed by atoms with Gasteiger partial charge in [-0.2, -0.15) is 17.2 Å². The molecule has 0 radical (unpaired) electrons. The number of halogens is 2. The summed E-state index contributed by atoms with van der Waals surface area (Å²) in [6.07, 6.45) is 3.36. The predicted octanol–water partition coefficient (Wildman–Crippen LogP) is 0.388. The molecule has 3 N–H and O–H groups in total. The maximum Gasteiger partial charge on any atom is 0.465 e. The molecule has 0 saturated heterocycles. The van der Waals surface area contributed by atoms with Crippen LogP contribution in [0.2, 0.25) is 0 Å². The maximum absolute atomic E-state index is 13.2. The Morgan fingerprint density at radius 2 is 1.68 bits per heavy atom. The molecule has 0 aromatic heterocycles. The van der Waals surface area contributed by atoms with E-state index in [0.717, 1.165) is 13.3 Å². The van der Waals surface area contributed by atoms with Crippen molar-refractivity contribution in [2.45, 2.75) is 67.5 Å². The number of rotatable bonds is 6. The van der Waals surface area contributed by atoms with Gasteiger partial charge in [0.25, 0.3) is 0 Å². The molecule has 3 unspecified atom stereocenters. The molecule has 0 aromatic rings. The van der Waals surface area contributed by atoms with Crippen LogP contribution in [0.15, 0.2) is 0 Å². The lowest BCUT2D eigenvalue weighted by Gasteiger charge is -2.59. The van der Waals surface area contributed by atoms with Gasteiger partial charge in [-0.25, -0.2) is 9.59 Å². The fourth-order valence-corrected chi connectivity index (χ4v) is 5.28. The van der Waals surface area contributed by atoms with Crippen LogP contribution in [0.25, 0.3) is 0 Å². The summed E-state index contributed by atoms with van der Waals surface area (Å²) in [5, 5.41) is 15.6. The zero-order valence-electron chi connectivity index (χ0n) is 15.1. The van der Waals surface area contributed by atoms with E-state index in [9.17, 15) is 37.0 Å². The van der Waals surface area contributed by atoms with Gasteiger partial charge >= 0.3 is 27.3 Å². The van der Waals surface area contributed by atoms with Gasteiger partial charge in [-0.15, -0.1) is 0 Å². The number of esters is 2. The first-order valence-corrected chi connectivity index (χ1v) is 10.2. The van der Waals surface area contributed by atoms with E-state index in [2.05, 4.69) is 4.74 Å². The molecule has 3 atom stereocenters. The number of ether oxygens (including phenoxy) is 2. The van der Waals surface area contributed by atoms with Crippen molar-refractivity contribution in [3.63, 3.8) is 0 Å². The first-order valence-electron chi connectivity index (χ1n) is 8.78. The van der Waals surface area contributed by atoms with E-state index in [-0.39, 0.29) is 18.3 Å². The number of carbonyl (C=O) groups is 2. The van der Waals surface area contributed by atoms with Crippen LogP contribution in [0.5, 0.6) is 0 Å². The molecular weight excluding hydrogens is 406 g/mol. The van der Waals surface area contributed by atoms with Gasteiger partial charge in [0.05, 0.1) is 5.60 Å². The van der Waals surface area contributed by atoms with Crippen molar-refractivity contribution >= 4 is 22.1 Å². The first-order chi connectivity index (χ1) is 12.6. The van der Waals surface area contributed by atoms with Gasteiger partial charge in [0.1, 0.15) is 12.2 Å². The number of carbonyl (C=O) groups excluding carboxylic acids is 2. The van der Waals surface area contributed by atoms with Crippen LogP contribution < -0.4 is 0 Å². The van der Waals surface area contributed by atoms with Crippen molar-refractivity contribution in [3.8, 4) is 0 Å². The molecule has 4 bridgehead atoms. The van der Waals surface area contributed by atoms with Crippen molar-refractivity contribution < 1.29 is 51.0 Å². The van der Waals surface area contributed by atoms with Gasteiger partial charge in [-0.05, 0) is 50.9 Å². The van der Waals surface area contributed by atoms with E-state index in [1.54, 1.807) is 0 Å². The lowest BCUT2D eigenvalue weighted by atomic mass is 9.52. The number of hydrogen-bond acceptors (Lipinski definition) is 8. The summed E-state index contributed by atoms with van der Waals surface area (Å²) >= 11 is 0. The van der Waals surface area contributed by atoms with E-state index in [1.165, 1.54) is 0 Å². The third-order valence-electron chi connectivity index (χ3n) is 5.77. The highest BCUT2D eigenvalue weighted by molar-refractivity contribution is 7.87. The fraction of sp³-hybridized carbons (Fsp3) is 0.875. The lowest BCUT2D eigenvalue weighted by molar-refractivity contribution is -0.232. The standard InChI is InChI=1S/C16H22F2O9S/c1-13(21,8-26-12(20)16(17,18)28(23,24)25)11(19)27-15-5-9-2-10(6-15)4-14(22,3-9)7-15/h9-10,21-22H,2-8H2,1H3,(H,23,24,25). The number of hydrogen-bond donors (Lipinski definition) is 3. The Bertz CT molecular complexity index is 778. The van der Waals surface area contributed by atoms with E-state index >= 15 is 0 Å². The van der Waals surface area contributed by atoms with Crippen LogP contribution in [0.1, 0.15) is 45.4 Å². The topological polar surface area (TPSA) is 147 Å². The second-order valence-corrected chi connectivity index (χ2v) is 10.1. The molecule has 4 rings (SSSR count). The molecule has 4 fully saturated rings. The van der Waals surface area contributed by atoms with Crippen molar-refractivity contribution in [1.29, 1.82) is 0 Å². The van der Waals surface area contributed by atoms with Crippen LogP contribution in [0.4, 0.5) is 8.78 Å². The second kappa shape index (κ2) is 6.31. The largest absolute Gasteiger partial charge is 0.465 e. The van der Waals surface area contributed by atoms with Crippen LogP contribution >= 0.6 is 0 Å². The molecule has 4 aliphatic rings. The summed E-state index contributed by atoms with van der Waals surface area (Å²) in [6.45, 7) is -0.438. The van der Waals surface area contributed by atoms with Gasteiger partial charge in [-0.3, -0.25) is 4.55 Å². The Hall–Kier alpha value is -1.37. The van der Waals surface area contributed by atoms with Crippen LogP contribution in [0, 0.1) is 11.8 Å². The van der Waals surface area contributed by atoms with Gasteiger partial charge in [-0.1, -0.05) is 0 Å². The molecule has 0 aromatic carbocycles. The smallest absolute Gasteiger partial charge is 0.457 e. The number of alkyl halides is 2. The Kier molecular flexibility index (Phi) is 4.81. The van der Waals surface area contributed by atoms with Crippen molar-refractivity contribution in [2.75, 3.05) is 6.61 Å². The predicted molar refractivity (Wildman–Crippen MR) is 86.5 cm³/mol. The van der Waals surface area contributed by atoms with Crippen LogP contribution in [-0.2, 0) is 29.2 Å². The van der Waals surface area contributed by atoms with Gasteiger partial charge in [0.15, 0.2) is 5.60 Å². The zero-order valence-corrected chi connectivity index (χ0v) is 15.9. The molecule has 0 amide bonds. The Morgan fingerprint density at radius 1 is 1.14 bits per heavy atom. The van der Waals surface area contributed by atoms with Crippen molar-refractivity contribution in [1.82, 2.24) is 0 Å². The fourth-order valence-electron chi connectivity index (χ4n) is 5.01. The molecule has 0 aliphatic heterocycles. The molecule has 28 heavy (non-hydrogen) atoms. The number of aliphatic hydroxyl groups is 2. The third-order valence-corrected chi connectivity index (χ3v) is 6.59. The maximum atomic E-state index is 13.2. The monoisotopic (exact) mass is 428 g/mol. The van der Waals surface area contributed by atoms with E-state index in [4.69, 9.17) is 9.29 Å². The highest BCUT2D eigenvalue weighted by Gasteiger charge is 2.60. The summed E-state index contributed by atoms with van der Waals surface area (Å²) in [6, 6.07) is 0. The van der Waals surface area contributed by atoms with E-state index in [0.29, 0.717) is 25.7 Å². The van der Waals surface area contributed by atoms with Gasteiger partial charge in [0.2, 0.25) is 0 Å². The minimum Gasteiger partial charge on any atom is -0.457 e. The highest BCUT2D eigenvalue weighted by atomic mass is 32.2. The zero-order chi connectivity index (χ0) is 21.2. The molecule has 160 valence electrons. The summed E-state index contributed by atoms with van der Waals surface area (Å²) in [4.78, 5) is 23.6. The lowest BCUT2D eigenvalue weighted by Crippen LogP contribution is -2.61. The second-order valence-electron chi connectivity index (χ2n) is 8.60. The molecule has 0 spiro atoms. The normalized spacial score (nSPS) is 36.6. The molecule has 9 nitrogen and oxygen atoms in total. The van der Waals surface area contributed by atoms with Crippen LogP contribution in [0.3, 0.4) is 0 Å². The minimum atomic E-state index is -6.07. The summed E-state index contributed by atoms with van der Waals surface area (Å²) < 4.78 is 65.3. The van der Waals surface area contributed by atoms with Gasteiger partial charge in [0, 0.05) is 6.42 Å². The first kappa shape index (κ1) is 21.3. The summed E-state index contributed by atoms with van der Waals surface area (Å²) in [5.74, 6) is -3.52. The molecule has 0 heterocycles. The Labute approximate surface area is 159 Å². The average Bonchev–Trinajstić information content (AvgIpc) is 2.48. The van der Waals surface area contributed by atoms with Crippen molar-refractivity contribution in [2.24, 2.45) is 11.8 Å². The van der Waals surface area contributed by atoms with Crippen LogP contribution in [-0.4, -0.2) is 63.8 Å². The Balaban J connectivity index is 1.65. The summed E-state index contributed by atoms with van der Waals surface area (Å²) in [7, 11) is -6.07. The third kappa shape index (κ3) is 3.74. The highest BCUT2D eigenvalue weighted by Crippen LogP contribution is 2.59. The molecule has 4 saturated carbocycles. The summed E-state index contributed by atoms with van der Waals surface area (Å²) in [5.41, 5.74) is -4.46. The van der Waals surface area contributed by atoms with Gasteiger partial charge < -0.3 is 19.7 Å². The van der Waals surface area contributed by atoms with E-state index in [1.807, 2.05) is 0 Å². The average molecular weight is 428 g/mol. The minimum absolute atomic E-state index is 0.176. The van der Waals surface area contributed by atoms with E-state index < -0.39 is 50.7 Å². The molecule has 12 heteroatoms. The van der Waals surface area contributed by atoms with Crippen molar-refractivity contribution in [3.05, 3.63) is 0 Å². The molecule has 4 aliphatic carbocycles. The Morgan fingerprint density at radius 3 is 2.14 bits per heavy atom. The molecular formula is C16H22F2O9S. The quantitative estimate of drug-likeness (QED) is 0.403.